The van der Waals surface area contributed by atoms with Gasteiger partial charge in [0.15, 0.2) is 0 Å². The Hall–Kier alpha value is -1.77. The van der Waals surface area contributed by atoms with E-state index >= 15 is 0 Å². The van der Waals surface area contributed by atoms with Crippen LogP contribution in [0, 0.1) is 3.57 Å². The highest BCUT2D eigenvalue weighted by atomic mass is 127. The average molecular weight is 408 g/mol. The summed E-state index contributed by atoms with van der Waals surface area (Å²) in [6.45, 7) is 0. The van der Waals surface area contributed by atoms with Crippen molar-refractivity contribution < 1.29 is 27.8 Å². The summed E-state index contributed by atoms with van der Waals surface area (Å²) in [5.74, 6) is -1.31. The molecule has 0 saturated carbocycles. The van der Waals surface area contributed by atoms with Gasteiger partial charge in [0.1, 0.15) is 11.5 Å². The number of ether oxygens (including phenoxy) is 1. The maximum Gasteiger partial charge on any atom is 0.417 e. The molecule has 0 saturated heterocycles. The fourth-order valence-electron chi connectivity index (χ4n) is 1.66. The highest BCUT2D eigenvalue weighted by Gasteiger charge is 2.35. The Labute approximate surface area is 131 Å². The Morgan fingerprint density at radius 2 is 1.81 bits per heavy atom. The van der Waals surface area contributed by atoms with Crippen LogP contribution in [0.5, 0.6) is 11.5 Å². The third-order valence-electron chi connectivity index (χ3n) is 2.59. The summed E-state index contributed by atoms with van der Waals surface area (Å²) in [6, 6.07) is 9.58. The van der Waals surface area contributed by atoms with Crippen LogP contribution in [0.25, 0.3) is 0 Å². The lowest BCUT2D eigenvalue weighted by Gasteiger charge is -2.13. The predicted molar refractivity (Wildman–Crippen MR) is 77.6 cm³/mol. The van der Waals surface area contributed by atoms with Gasteiger partial charge in [-0.15, -0.1) is 0 Å². The third kappa shape index (κ3) is 3.66. The van der Waals surface area contributed by atoms with Gasteiger partial charge in [-0.1, -0.05) is 12.1 Å². The number of halogens is 4. The quantitative estimate of drug-likeness (QED) is 0.743. The molecule has 3 nitrogen and oxygen atoms in total. The Kier molecular flexibility index (Phi) is 4.40. The zero-order valence-electron chi connectivity index (χ0n) is 10.3. The molecule has 0 bridgehead atoms. The minimum Gasteiger partial charge on any atom is -0.478 e. The second-order valence-electron chi connectivity index (χ2n) is 4.04. The molecule has 0 heterocycles. The molecule has 0 fully saturated rings. The molecule has 0 atom stereocenters. The van der Waals surface area contributed by atoms with Crippen LogP contribution in [0.2, 0.25) is 0 Å². The van der Waals surface area contributed by atoms with E-state index in [1.807, 2.05) is 22.6 Å². The van der Waals surface area contributed by atoms with Crippen molar-refractivity contribution in [1.29, 1.82) is 0 Å². The van der Waals surface area contributed by atoms with E-state index in [2.05, 4.69) is 0 Å². The first-order valence-electron chi connectivity index (χ1n) is 5.66. The fraction of sp³-hybridized carbons (Fsp3) is 0.0714. The van der Waals surface area contributed by atoms with Gasteiger partial charge in [-0.2, -0.15) is 13.2 Å². The molecule has 1 N–H and O–H groups in total. The molecular weight excluding hydrogens is 400 g/mol. The van der Waals surface area contributed by atoms with E-state index in [9.17, 15) is 18.0 Å². The molecule has 0 aliphatic heterocycles. The number of hydrogen-bond donors (Lipinski definition) is 1. The van der Waals surface area contributed by atoms with E-state index in [0.29, 0.717) is 11.8 Å². The molecule has 0 aromatic heterocycles. The van der Waals surface area contributed by atoms with Gasteiger partial charge in [-0.3, -0.25) is 0 Å². The average Bonchev–Trinajstić information content (AvgIpc) is 2.40. The summed E-state index contributed by atoms with van der Waals surface area (Å²) >= 11 is 1.99. The monoisotopic (exact) mass is 408 g/mol. The number of carboxylic acids is 1. The highest BCUT2D eigenvalue weighted by molar-refractivity contribution is 14.1. The Balaban J connectivity index is 2.43. The van der Waals surface area contributed by atoms with E-state index in [4.69, 9.17) is 9.84 Å². The number of rotatable bonds is 3. The maximum absolute atomic E-state index is 12.9. The number of carboxylic acid groups (broad SMARTS) is 1. The SMILES string of the molecule is O=C(O)c1ccc(Oc2ccccc2I)cc1C(F)(F)F. The first kappa shape index (κ1) is 15.6. The molecule has 0 amide bonds. The second-order valence-corrected chi connectivity index (χ2v) is 5.20. The predicted octanol–water partition coefficient (Wildman–Crippen LogP) is 4.80. The first-order valence-corrected chi connectivity index (χ1v) is 6.74. The molecule has 2 aromatic rings. The normalized spacial score (nSPS) is 11.2. The zero-order valence-corrected chi connectivity index (χ0v) is 12.5. The molecule has 0 unspecified atom stereocenters. The third-order valence-corrected chi connectivity index (χ3v) is 3.48. The van der Waals surface area contributed by atoms with Gasteiger partial charge in [0.05, 0.1) is 14.7 Å². The van der Waals surface area contributed by atoms with Crippen LogP contribution in [0.1, 0.15) is 15.9 Å². The van der Waals surface area contributed by atoms with Crippen molar-refractivity contribution in [2.45, 2.75) is 6.18 Å². The summed E-state index contributed by atoms with van der Waals surface area (Å²) in [5.41, 5.74) is -2.05. The van der Waals surface area contributed by atoms with Crippen LogP contribution in [-0.4, -0.2) is 11.1 Å². The molecule has 110 valence electrons. The molecule has 2 aromatic carbocycles. The van der Waals surface area contributed by atoms with Crippen LogP contribution in [0.3, 0.4) is 0 Å². The van der Waals surface area contributed by atoms with Crippen molar-refractivity contribution in [3.63, 3.8) is 0 Å². The van der Waals surface area contributed by atoms with E-state index < -0.39 is 23.3 Å². The van der Waals surface area contributed by atoms with Crippen molar-refractivity contribution in [2.75, 3.05) is 0 Å². The Morgan fingerprint density at radius 1 is 1.14 bits per heavy atom. The van der Waals surface area contributed by atoms with Gasteiger partial charge < -0.3 is 9.84 Å². The van der Waals surface area contributed by atoms with Crippen LogP contribution >= 0.6 is 22.6 Å². The molecular formula is C14H8F3IO3. The fourth-order valence-corrected chi connectivity index (χ4v) is 2.16. The zero-order chi connectivity index (χ0) is 15.6. The number of hydrogen-bond acceptors (Lipinski definition) is 2. The van der Waals surface area contributed by atoms with Crippen molar-refractivity contribution in [3.05, 3.63) is 57.2 Å². The largest absolute Gasteiger partial charge is 0.478 e. The van der Waals surface area contributed by atoms with E-state index in [1.54, 1.807) is 24.3 Å². The number of para-hydroxylation sites is 1. The summed E-state index contributed by atoms with van der Waals surface area (Å²) in [4.78, 5) is 10.9. The first-order chi connectivity index (χ1) is 9.79. The van der Waals surface area contributed by atoms with Crippen LogP contribution in [-0.2, 0) is 6.18 Å². The lowest BCUT2D eigenvalue weighted by atomic mass is 10.1. The van der Waals surface area contributed by atoms with Gasteiger partial charge in [-0.05, 0) is 52.9 Å². The van der Waals surface area contributed by atoms with Crippen molar-refractivity contribution in [1.82, 2.24) is 0 Å². The van der Waals surface area contributed by atoms with Crippen molar-refractivity contribution in [3.8, 4) is 11.5 Å². The second kappa shape index (κ2) is 5.92. The number of carbonyl (C=O) groups is 1. The van der Waals surface area contributed by atoms with Crippen LogP contribution in [0.4, 0.5) is 13.2 Å². The summed E-state index contributed by atoms with van der Waals surface area (Å²) in [7, 11) is 0. The molecule has 21 heavy (non-hydrogen) atoms. The Bertz CT molecular complexity index is 683. The number of aromatic carboxylic acids is 1. The van der Waals surface area contributed by atoms with Crippen LogP contribution < -0.4 is 4.74 Å². The van der Waals surface area contributed by atoms with Crippen molar-refractivity contribution in [2.24, 2.45) is 0 Å². The minimum absolute atomic E-state index is 0.0727. The molecule has 2 rings (SSSR count). The lowest BCUT2D eigenvalue weighted by molar-refractivity contribution is -0.138. The standard InChI is InChI=1S/C14H8F3IO3/c15-14(16,17)10-7-8(5-6-9(10)13(19)20)21-12-4-2-1-3-11(12)18/h1-7H,(H,19,20). The summed E-state index contributed by atoms with van der Waals surface area (Å²) in [5, 5.41) is 8.81. The molecule has 0 radical (unpaired) electrons. The lowest BCUT2D eigenvalue weighted by Crippen LogP contribution is -2.12. The van der Waals surface area contributed by atoms with E-state index in [1.165, 1.54) is 6.07 Å². The summed E-state index contributed by atoms with van der Waals surface area (Å²) < 4.78 is 44.8. The molecule has 0 spiro atoms. The van der Waals surface area contributed by atoms with Gasteiger partial charge in [0.25, 0.3) is 0 Å². The maximum atomic E-state index is 12.9. The topological polar surface area (TPSA) is 46.5 Å². The smallest absolute Gasteiger partial charge is 0.417 e. The Morgan fingerprint density at radius 3 is 2.38 bits per heavy atom. The molecule has 0 aliphatic carbocycles. The van der Waals surface area contributed by atoms with Gasteiger partial charge >= 0.3 is 12.1 Å². The summed E-state index contributed by atoms with van der Waals surface area (Å²) in [6.07, 6.45) is -4.77. The van der Waals surface area contributed by atoms with E-state index in [-0.39, 0.29) is 5.75 Å². The van der Waals surface area contributed by atoms with Crippen molar-refractivity contribution >= 4 is 28.6 Å². The van der Waals surface area contributed by atoms with E-state index in [0.717, 1.165) is 9.64 Å². The van der Waals surface area contributed by atoms with Gasteiger partial charge in [0, 0.05) is 0 Å². The number of alkyl halides is 3. The molecule has 7 heteroatoms. The van der Waals surface area contributed by atoms with Gasteiger partial charge in [0.2, 0.25) is 0 Å². The van der Waals surface area contributed by atoms with Gasteiger partial charge in [-0.25, -0.2) is 4.79 Å². The molecule has 0 aliphatic rings. The van der Waals surface area contributed by atoms with Crippen LogP contribution in [0.15, 0.2) is 42.5 Å². The number of benzene rings is 2. The highest BCUT2D eigenvalue weighted by Crippen LogP contribution is 2.36. The minimum atomic E-state index is -4.77.